The molecular formula is C19H17BrFN3O3. The van der Waals surface area contributed by atoms with Crippen LogP contribution in [0, 0.1) is 5.82 Å². The SMILES string of the molecule is O=C(COc1ccc(Br)cc1F)Nc1ccc2nc([C@H]3CCCO3)[nH]c2c1. The summed E-state index contributed by atoms with van der Waals surface area (Å²) >= 11 is 3.17. The molecule has 8 heteroatoms. The van der Waals surface area contributed by atoms with Crippen molar-refractivity contribution in [1.29, 1.82) is 0 Å². The van der Waals surface area contributed by atoms with Gasteiger partial charge in [0.05, 0.1) is 11.0 Å². The molecule has 0 radical (unpaired) electrons. The Bertz CT molecular complexity index is 985. The van der Waals surface area contributed by atoms with Crippen molar-refractivity contribution in [2.24, 2.45) is 0 Å². The normalized spacial score (nSPS) is 16.6. The number of aromatic amines is 1. The fourth-order valence-electron chi connectivity index (χ4n) is 2.99. The lowest BCUT2D eigenvalue weighted by atomic mass is 10.2. The number of rotatable bonds is 5. The number of H-pyrrole nitrogens is 1. The molecule has 2 heterocycles. The van der Waals surface area contributed by atoms with Gasteiger partial charge in [-0.3, -0.25) is 4.79 Å². The van der Waals surface area contributed by atoms with E-state index in [1.165, 1.54) is 12.1 Å². The molecule has 1 amide bonds. The Morgan fingerprint density at radius 1 is 1.37 bits per heavy atom. The van der Waals surface area contributed by atoms with Gasteiger partial charge in [-0.25, -0.2) is 9.37 Å². The molecule has 1 saturated heterocycles. The number of hydrogen-bond acceptors (Lipinski definition) is 4. The summed E-state index contributed by atoms with van der Waals surface area (Å²) in [5.41, 5.74) is 2.24. The second kappa shape index (κ2) is 7.66. The van der Waals surface area contributed by atoms with Crippen LogP contribution >= 0.6 is 15.9 Å². The van der Waals surface area contributed by atoms with Gasteiger partial charge < -0.3 is 19.8 Å². The fourth-order valence-corrected chi connectivity index (χ4v) is 3.32. The summed E-state index contributed by atoms with van der Waals surface area (Å²) in [5, 5.41) is 2.74. The molecule has 1 aliphatic rings. The van der Waals surface area contributed by atoms with E-state index in [2.05, 4.69) is 31.2 Å². The van der Waals surface area contributed by atoms with Crippen LogP contribution in [0.5, 0.6) is 5.75 Å². The van der Waals surface area contributed by atoms with E-state index in [1.54, 1.807) is 18.2 Å². The molecule has 0 unspecified atom stereocenters. The number of carbonyl (C=O) groups is 1. The number of halogens is 2. The van der Waals surface area contributed by atoms with E-state index < -0.39 is 5.82 Å². The van der Waals surface area contributed by atoms with Crippen molar-refractivity contribution in [2.75, 3.05) is 18.5 Å². The second-order valence-electron chi connectivity index (χ2n) is 6.27. The molecule has 4 rings (SSSR count). The second-order valence-corrected chi connectivity index (χ2v) is 7.18. The number of ether oxygens (including phenoxy) is 2. The van der Waals surface area contributed by atoms with E-state index in [-0.39, 0.29) is 24.4 Å². The van der Waals surface area contributed by atoms with E-state index in [9.17, 15) is 9.18 Å². The highest BCUT2D eigenvalue weighted by molar-refractivity contribution is 9.10. The Balaban J connectivity index is 1.40. The van der Waals surface area contributed by atoms with Gasteiger partial charge in [-0.15, -0.1) is 0 Å². The Labute approximate surface area is 163 Å². The van der Waals surface area contributed by atoms with E-state index in [1.807, 2.05) is 6.07 Å². The fraction of sp³-hybridized carbons (Fsp3) is 0.263. The van der Waals surface area contributed by atoms with Crippen molar-refractivity contribution in [1.82, 2.24) is 9.97 Å². The van der Waals surface area contributed by atoms with Crippen molar-refractivity contribution < 1.29 is 18.7 Å². The van der Waals surface area contributed by atoms with Crippen LogP contribution in [-0.4, -0.2) is 29.1 Å². The van der Waals surface area contributed by atoms with Crippen LogP contribution in [-0.2, 0) is 9.53 Å². The summed E-state index contributed by atoms with van der Waals surface area (Å²) in [6, 6.07) is 9.80. The molecule has 1 aliphatic heterocycles. The summed E-state index contributed by atoms with van der Waals surface area (Å²) in [4.78, 5) is 19.9. The van der Waals surface area contributed by atoms with Crippen molar-refractivity contribution in [3.8, 4) is 5.75 Å². The van der Waals surface area contributed by atoms with Gasteiger partial charge in [-0.1, -0.05) is 15.9 Å². The first-order chi connectivity index (χ1) is 13.1. The summed E-state index contributed by atoms with van der Waals surface area (Å²) in [5.74, 6) is -0.0770. The molecule has 0 spiro atoms. The zero-order valence-corrected chi connectivity index (χ0v) is 15.9. The van der Waals surface area contributed by atoms with Crippen LogP contribution in [0.1, 0.15) is 24.8 Å². The van der Waals surface area contributed by atoms with Crippen molar-refractivity contribution in [3.05, 3.63) is 52.5 Å². The summed E-state index contributed by atoms with van der Waals surface area (Å²) in [6.07, 6.45) is 1.99. The zero-order valence-electron chi connectivity index (χ0n) is 14.3. The average Bonchev–Trinajstić information content (AvgIpc) is 3.30. The lowest BCUT2D eigenvalue weighted by molar-refractivity contribution is -0.118. The Morgan fingerprint density at radius 3 is 3.04 bits per heavy atom. The van der Waals surface area contributed by atoms with Crippen molar-refractivity contribution in [3.63, 3.8) is 0 Å². The van der Waals surface area contributed by atoms with Gasteiger partial charge in [-0.05, 0) is 49.2 Å². The summed E-state index contributed by atoms with van der Waals surface area (Å²) in [6.45, 7) is 0.461. The summed E-state index contributed by atoms with van der Waals surface area (Å²) < 4.78 is 25.2. The molecule has 1 aromatic heterocycles. The number of hydrogen-bond donors (Lipinski definition) is 2. The average molecular weight is 434 g/mol. The number of nitrogens with zero attached hydrogens (tertiary/aromatic N) is 1. The van der Waals surface area contributed by atoms with Crippen molar-refractivity contribution in [2.45, 2.75) is 18.9 Å². The van der Waals surface area contributed by atoms with E-state index in [4.69, 9.17) is 9.47 Å². The molecule has 0 aliphatic carbocycles. The first-order valence-corrected chi connectivity index (χ1v) is 9.37. The minimum absolute atomic E-state index is 0.00430. The van der Waals surface area contributed by atoms with Crippen LogP contribution in [0.25, 0.3) is 11.0 Å². The predicted molar refractivity (Wildman–Crippen MR) is 102 cm³/mol. The van der Waals surface area contributed by atoms with Gasteiger partial charge >= 0.3 is 0 Å². The quantitative estimate of drug-likeness (QED) is 0.627. The first kappa shape index (κ1) is 17.9. The van der Waals surface area contributed by atoms with Gasteiger partial charge in [0.2, 0.25) is 0 Å². The number of imidazole rings is 1. The molecule has 1 fully saturated rings. The van der Waals surface area contributed by atoms with Crippen LogP contribution in [0.3, 0.4) is 0 Å². The summed E-state index contributed by atoms with van der Waals surface area (Å²) in [7, 11) is 0. The first-order valence-electron chi connectivity index (χ1n) is 8.57. The van der Waals surface area contributed by atoms with E-state index in [0.717, 1.165) is 36.3 Å². The minimum Gasteiger partial charge on any atom is -0.481 e. The van der Waals surface area contributed by atoms with Crippen LogP contribution < -0.4 is 10.1 Å². The third-order valence-electron chi connectivity index (χ3n) is 4.27. The van der Waals surface area contributed by atoms with Gasteiger partial charge in [0.25, 0.3) is 5.91 Å². The Hall–Kier alpha value is -2.45. The molecule has 27 heavy (non-hydrogen) atoms. The van der Waals surface area contributed by atoms with Crippen LogP contribution in [0.15, 0.2) is 40.9 Å². The maximum atomic E-state index is 13.7. The lowest BCUT2D eigenvalue weighted by Gasteiger charge is -2.08. The highest BCUT2D eigenvalue weighted by atomic mass is 79.9. The number of amides is 1. The largest absolute Gasteiger partial charge is 0.481 e. The van der Waals surface area contributed by atoms with Gasteiger partial charge in [0, 0.05) is 16.8 Å². The molecule has 140 valence electrons. The number of nitrogens with one attached hydrogen (secondary N) is 2. The molecule has 6 nitrogen and oxygen atoms in total. The zero-order chi connectivity index (χ0) is 18.8. The van der Waals surface area contributed by atoms with Crippen LogP contribution in [0.2, 0.25) is 0 Å². The maximum absolute atomic E-state index is 13.7. The molecule has 0 bridgehead atoms. The van der Waals surface area contributed by atoms with Gasteiger partial charge in [0.1, 0.15) is 11.9 Å². The van der Waals surface area contributed by atoms with Gasteiger partial charge in [-0.2, -0.15) is 0 Å². The molecule has 0 saturated carbocycles. The third-order valence-corrected chi connectivity index (χ3v) is 4.76. The standard InChI is InChI=1S/C19H17BrFN3O3/c20-11-3-6-16(13(21)8-11)27-10-18(25)22-12-4-5-14-15(9-12)24-19(23-14)17-2-1-7-26-17/h3-6,8-9,17H,1-2,7,10H2,(H,22,25)(H,23,24)/t17-/m1/s1. The Kier molecular flexibility index (Phi) is 5.09. The number of fused-ring (bicyclic) bond motifs is 1. The number of aromatic nitrogens is 2. The topological polar surface area (TPSA) is 76.2 Å². The molecule has 2 N–H and O–H groups in total. The number of anilines is 1. The minimum atomic E-state index is -0.530. The third kappa shape index (κ3) is 4.12. The molecule has 3 aromatic rings. The number of benzene rings is 2. The van der Waals surface area contributed by atoms with Crippen LogP contribution in [0.4, 0.5) is 10.1 Å². The smallest absolute Gasteiger partial charge is 0.262 e. The van der Waals surface area contributed by atoms with Crippen molar-refractivity contribution >= 4 is 38.6 Å². The van der Waals surface area contributed by atoms with E-state index >= 15 is 0 Å². The highest BCUT2D eigenvalue weighted by Gasteiger charge is 2.21. The maximum Gasteiger partial charge on any atom is 0.262 e. The monoisotopic (exact) mass is 433 g/mol. The molecular weight excluding hydrogens is 417 g/mol. The molecule has 1 atom stereocenters. The Morgan fingerprint density at radius 2 is 2.26 bits per heavy atom. The molecule has 2 aromatic carbocycles. The number of carbonyl (C=O) groups excluding carboxylic acids is 1. The highest BCUT2D eigenvalue weighted by Crippen LogP contribution is 2.28. The predicted octanol–water partition coefficient (Wildman–Crippen LogP) is 4.33. The van der Waals surface area contributed by atoms with E-state index in [0.29, 0.717) is 10.2 Å². The van der Waals surface area contributed by atoms with Gasteiger partial charge in [0.15, 0.2) is 18.2 Å². The lowest BCUT2D eigenvalue weighted by Crippen LogP contribution is -2.20.